The van der Waals surface area contributed by atoms with Crippen LogP contribution in [0, 0.1) is 0 Å². The number of rotatable bonds is 21. The van der Waals surface area contributed by atoms with E-state index in [0.29, 0.717) is 13.7 Å². The zero-order valence-corrected chi connectivity index (χ0v) is 21.3. The van der Waals surface area contributed by atoms with Gasteiger partial charge in [0, 0.05) is 0 Å². The van der Waals surface area contributed by atoms with E-state index in [1.54, 1.807) is 16.1 Å². The van der Waals surface area contributed by atoms with Gasteiger partial charge in [0.2, 0.25) is 0 Å². The maximum atomic E-state index is 2.32. The van der Waals surface area contributed by atoms with Gasteiger partial charge in [-0.1, -0.05) is 0 Å². The van der Waals surface area contributed by atoms with Gasteiger partial charge in [-0.05, 0) is 0 Å². The second kappa shape index (κ2) is 25.9. The standard InChI is InChI=1S/3C8H17.Co.H3P/c3*1-3-5-7-8-6-4-2;;/h3*1,3-8H2,2H3;;1H3. The largest absolute Gasteiger partial charge is 0.153 e. The molecule has 0 aromatic carbocycles. The van der Waals surface area contributed by atoms with Crippen LogP contribution in [0.25, 0.3) is 0 Å². The Kier molecular flexibility index (Phi) is 29.1. The summed E-state index contributed by atoms with van der Waals surface area (Å²) in [4.78, 5) is 0. The summed E-state index contributed by atoms with van der Waals surface area (Å²) in [5, 5.41) is 4.76. The first-order chi connectivity index (χ1) is 12.3. The van der Waals surface area contributed by atoms with Crippen LogP contribution < -0.4 is 0 Å². The van der Waals surface area contributed by atoms with Gasteiger partial charge in [0.1, 0.15) is 0 Å². The minimum atomic E-state index is 0. The molecule has 0 bridgehead atoms. The first kappa shape index (κ1) is 29.1. The molecule has 0 saturated heterocycles. The summed E-state index contributed by atoms with van der Waals surface area (Å²) in [6, 6.07) is 0. The van der Waals surface area contributed by atoms with Crippen LogP contribution in [0.1, 0.15) is 136 Å². The third-order valence-corrected chi connectivity index (χ3v) is 8.43. The first-order valence-electron chi connectivity index (χ1n) is 11.8. The Morgan fingerprint density at radius 1 is 0.346 bits per heavy atom. The maximum Gasteiger partial charge on any atom is -0.153 e. The molecule has 164 valence electrons. The summed E-state index contributed by atoms with van der Waals surface area (Å²) < 4.78 is 0. The number of unbranched alkanes of at least 4 members (excludes halogenated alkanes) is 15. The maximum absolute atomic E-state index is 2.32. The van der Waals surface area contributed by atoms with E-state index in [1.807, 2.05) is 0 Å². The molecule has 0 rings (SSSR count). The number of hydrogen-bond acceptors (Lipinski definition) is 0. The van der Waals surface area contributed by atoms with E-state index in [9.17, 15) is 0 Å². The molecule has 0 saturated carbocycles. The molecule has 0 N–H and O–H groups in total. The van der Waals surface area contributed by atoms with E-state index in [1.165, 1.54) is 116 Å². The van der Waals surface area contributed by atoms with Crippen molar-refractivity contribution in [2.24, 2.45) is 0 Å². The van der Waals surface area contributed by atoms with E-state index >= 15 is 0 Å². The van der Waals surface area contributed by atoms with E-state index in [-0.39, 0.29) is 9.90 Å². The molecule has 0 heterocycles. The van der Waals surface area contributed by atoms with E-state index in [0.717, 1.165) is 0 Å². The van der Waals surface area contributed by atoms with Gasteiger partial charge in [-0.15, -0.1) is 0 Å². The molecule has 0 nitrogen and oxygen atoms in total. The minimum Gasteiger partial charge on any atom is -0.153 e. The molecule has 1 atom stereocenters. The average molecular weight is 433 g/mol. The minimum absolute atomic E-state index is 0. The van der Waals surface area contributed by atoms with Crippen molar-refractivity contribution in [3.8, 4) is 0 Å². The monoisotopic (exact) mass is 432 g/mol. The Balaban J connectivity index is 0. The van der Waals surface area contributed by atoms with Gasteiger partial charge < -0.3 is 0 Å². The Hall–Kier alpha value is 0.936. The second-order valence-electron chi connectivity index (χ2n) is 7.80. The molecule has 0 fully saturated rings. The molecule has 26 heavy (non-hydrogen) atoms. The van der Waals surface area contributed by atoms with Crippen molar-refractivity contribution in [3.63, 3.8) is 0 Å². The second-order valence-corrected chi connectivity index (χ2v) is 10.9. The van der Waals surface area contributed by atoms with Gasteiger partial charge in [0.05, 0.1) is 0 Å². The Morgan fingerprint density at radius 3 is 0.846 bits per heavy atom. The van der Waals surface area contributed by atoms with E-state index < -0.39 is 0 Å². The van der Waals surface area contributed by atoms with E-state index in [2.05, 4.69) is 20.8 Å². The summed E-state index contributed by atoms with van der Waals surface area (Å²) in [5.41, 5.74) is 0. The molecule has 0 spiro atoms. The van der Waals surface area contributed by atoms with Crippen molar-refractivity contribution in [1.29, 1.82) is 0 Å². The smallest absolute Gasteiger partial charge is 0.153 e. The van der Waals surface area contributed by atoms with Gasteiger partial charge >= 0.3 is 166 Å². The Morgan fingerprint density at radius 2 is 0.577 bits per heavy atom. The summed E-state index contributed by atoms with van der Waals surface area (Å²) in [7, 11) is 0. The summed E-state index contributed by atoms with van der Waals surface area (Å²) in [6.45, 7) is 6.96. The fraction of sp³-hybridized carbons (Fsp3) is 1.00. The van der Waals surface area contributed by atoms with Gasteiger partial charge in [-0.25, -0.2) is 0 Å². The molecule has 0 aliphatic heterocycles. The fourth-order valence-corrected chi connectivity index (χ4v) is 6.46. The van der Waals surface area contributed by atoms with Crippen LogP contribution in [0.4, 0.5) is 0 Å². The van der Waals surface area contributed by atoms with Crippen LogP contribution in [-0.4, -0.2) is 0 Å². The number of hydrogen-bond donors (Lipinski definition) is 0. The normalized spacial score (nSPS) is 11.4. The van der Waals surface area contributed by atoms with Gasteiger partial charge in [0.15, 0.2) is 0 Å². The van der Waals surface area contributed by atoms with Crippen molar-refractivity contribution >= 4 is 9.90 Å². The molecule has 0 aromatic heterocycles. The predicted molar refractivity (Wildman–Crippen MR) is 126 cm³/mol. The van der Waals surface area contributed by atoms with Crippen LogP contribution in [0.3, 0.4) is 0 Å². The van der Waals surface area contributed by atoms with Crippen molar-refractivity contribution in [2.75, 3.05) is 0 Å². The average Bonchev–Trinajstić information content (AvgIpc) is 2.63. The molecule has 0 amide bonds. The third kappa shape index (κ3) is 23.0. The SMILES string of the molecule is CCCCCCC[CH2][Co]([CH2]CCCCCCC)[CH2]CCCCCCC.P. The zero-order valence-electron chi connectivity index (χ0n) is 18.9. The molecule has 0 radical (unpaired) electrons. The molecular weight excluding hydrogens is 378 g/mol. The summed E-state index contributed by atoms with van der Waals surface area (Å²) in [6.07, 6.45) is 26.5. The van der Waals surface area contributed by atoms with E-state index in [4.69, 9.17) is 0 Å². The molecular formula is C24H54CoP. The molecule has 2 heteroatoms. The van der Waals surface area contributed by atoms with Crippen LogP contribution >= 0.6 is 9.90 Å². The van der Waals surface area contributed by atoms with Crippen molar-refractivity contribution < 1.29 is 13.7 Å². The van der Waals surface area contributed by atoms with Crippen LogP contribution in [0.2, 0.25) is 16.1 Å². The molecule has 1 unspecified atom stereocenters. The first-order valence-corrected chi connectivity index (χ1v) is 14.0. The van der Waals surface area contributed by atoms with Gasteiger partial charge in [-0.2, -0.15) is 9.90 Å². The van der Waals surface area contributed by atoms with Gasteiger partial charge in [0.25, 0.3) is 0 Å². The van der Waals surface area contributed by atoms with Crippen LogP contribution in [0.5, 0.6) is 0 Å². The fourth-order valence-electron chi connectivity index (χ4n) is 3.34. The van der Waals surface area contributed by atoms with Crippen LogP contribution in [0.15, 0.2) is 0 Å². The topological polar surface area (TPSA) is 0 Å². The summed E-state index contributed by atoms with van der Waals surface area (Å²) >= 11 is 0.390. The third-order valence-electron chi connectivity index (χ3n) is 5.12. The van der Waals surface area contributed by atoms with Gasteiger partial charge in [-0.3, -0.25) is 0 Å². The Labute approximate surface area is 175 Å². The predicted octanol–water partition coefficient (Wildman–Crippen LogP) is 10.00. The quantitative estimate of drug-likeness (QED) is 0.125. The van der Waals surface area contributed by atoms with Crippen LogP contribution in [-0.2, 0) is 13.7 Å². The van der Waals surface area contributed by atoms with Crippen molar-refractivity contribution in [2.45, 2.75) is 152 Å². The molecule has 0 aliphatic carbocycles. The Bertz CT molecular complexity index is 194. The summed E-state index contributed by atoms with van der Waals surface area (Å²) in [5.74, 6) is 0. The molecule has 0 aromatic rings. The van der Waals surface area contributed by atoms with Crippen molar-refractivity contribution in [1.82, 2.24) is 0 Å². The molecule has 0 aliphatic rings. The zero-order chi connectivity index (χ0) is 18.4. The van der Waals surface area contributed by atoms with Crippen molar-refractivity contribution in [3.05, 3.63) is 0 Å².